The van der Waals surface area contributed by atoms with Crippen molar-refractivity contribution in [1.82, 2.24) is 14.7 Å². The molecule has 0 aromatic heterocycles. The number of nitrogens with one attached hydrogen (secondary N) is 1. The van der Waals surface area contributed by atoms with Gasteiger partial charge in [0.25, 0.3) is 10.0 Å². The van der Waals surface area contributed by atoms with Gasteiger partial charge in [0.2, 0.25) is 0 Å². The largest absolute Gasteiger partial charge is 0.399 e. The SMILES string of the molecule is CCCNN(CCCN(C)C)S(=O)(=O)c1ccc(N)cc1. The minimum Gasteiger partial charge on any atom is -0.399 e. The Balaban J connectivity index is 2.86. The van der Waals surface area contributed by atoms with Crippen molar-refractivity contribution >= 4 is 15.7 Å². The van der Waals surface area contributed by atoms with Crippen LogP contribution in [-0.4, -0.2) is 51.5 Å². The maximum atomic E-state index is 12.6. The molecule has 0 saturated carbocycles. The standard InChI is InChI=1S/C14H26N4O2S/c1-4-10-16-18(12-5-11-17(2)3)21(19,20)14-8-6-13(15)7-9-14/h6-9,16H,4-5,10-12,15H2,1-3H3. The molecule has 0 amide bonds. The monoisotopic (exact) mass is 314 g/mol. The molecule has 0 heterocycles. The first-order valence-corrected chi connectivity index (χ1v) is 8.58. The van der Waals surface area contributed by atoms with E-state index >= 15 is 0 Å². The molecule has 0 unspecified atom stereocenters. The summed E-state index contributed by atoms with van der Waals surface area (Å²) >= 11 is 0. The van der Waals surface area contributed by atoms with Gasteiger partial charge in [0.05, 0.1) is 4.90 Å². The Hall–Kier alpha value is -1.15. The van der Waals surface area contributed by atoms with Gasteiger partial charge in [-0.1, -0.05) is 6.92 Å². The summed E-state index contributed by atoms with van der Waals surface area (Å²) in [4.78, 5) is 2.29. The van der Waals surface area contributed by atoms with Crippen molar-refractivity contribution in [3.63, 3.8) is 0 Å². The molecule has 6 nitrogen and oxygen atoms in total. The summed E-state index contributed by atoms with van der Waals surface area (Å²) in [6.07, 6.45) is 1.62. The Labute approximate surface area is 127 Å². The fourth-order valence-corrected chi connectivity index (χ4v) is 3.18. The summed E-state index contributed by atoms with van der Waals surface area (Å²) in [5.74, 6) is 0. The third kappa shape index (κ3) is 5.62. The van der Waals surface area contributed by atoms with Crippen LogP contribution in [0.1, 0.15) is 19.8 Å². The van der Waals surface area contributed by atoms with E-state index in [2.05, 4.69) is 5.43 Å². The van der Waals surface area contributed by atoms with Gasteiger partial charge in [0.15, 0.2) is 0 Å². The van der Waals surface area contributed by atoms with E-state index in [0.29, 0.717) is 18.8 Å². The molecule has 0 bridgehead atoms. The van der Waals surface area contributed by atoms with Crippen LogP contribution in [0.15, 0.2) is 29.2 Å². The second-order valence-corrected chi connectivity index (χ2v) is 7.07. The van der Waals surface area contributed by atoms with E-state index in [1.165, 1.54) is 16.5 Å². The van der Waals surface area contributed by atoms with Crippen molar-refractivity contribution < 1.29 is 8.42 Å². The average molecular weight is 314 g/mol. The predicted octanol–water partition coefficient (Wildman–Crippen LogP) is 1.13. The van der Waals surface area contributed by atoms with E-state index in [1.54, 1.807) is 12.1 Å². The lowest BCUT2D eigenvalue weighted by molar-refractivity contribution is 0.291. The minimum atomic E-state index is -3.54. The highest BCUT2D eigenvalue weighted by Crippen LogP contribution is 2.16. The van der Waals surface area contributed by atoms with E-state index < -0.39 is 10.0 Å². The van der Waals surface area contributed by atoms with E-state index in [9.17, 15) is 8.42 Å². The summed E-state index contributed by atoms with van der Waals surface area (Å²) in [6.45, 7) is 3.89. The number of hydrogen-bond acceptors (Lipinski definition) is 5. The van der Waals surface area contributed by atoms with Crippen LogP contribution in [-0.2, 0) is 10.0 Å². The topological polar surface area (TPSA) is 78.7 Å². The highest BCUT2D eigenvalue weighted by Gasteiger charge is 2.23. The fraction of sp³-hybridized carbons (Fsp3) is 0.571. The Bertz CT molecular complexity index is 514. The Kier molecular flexibility index (Phi) is 7.10. The molecule has 1 aromatic rings. The molecule has 0 spiro atoms. The van der Waals surface area contributed by atoms with Gasteiger partial charge >= 0.3 is 0 Å². The second kappa shape index (κ2) is 8.33. The van der Waals surface area contributed by atoms with Crippen LogP contribution in [0.25, 0.3) is 0 Å². The first-order chi connectivity index (χ1) is 9.87. The highest BCUT2D eigenvalue weighted by molar-refractivity contribution is 7.89. The molecule has 120 valence electrons. The van der Waals surface area contributed by atoms with Crippen molar-refractivity contribution in [2.45, 2.75) is 24.7 Å². The van der Waals surface area contributed by atoms with Crippen LogP contribution < -0.4 is 11.2 Å². The average Bonchev–Trinajstić information content (AvgIpc) is 2.42. The molecule has 0 atom stereocenters. The summed E-state index contributed by atoms with van der Waals surface area (Å²) in [6, 6.07) is 6.28. The van der Waals surface area contributed by atoms with Gasteiger partial charge in [-0.3, -0.25) is 0 Å². The van der Waals surface area contributed by atoms with Crippen molar-refractivity contribution in [3.05, 3.63) is 24.3 Å². The molecule has 0 aliphatic rings. The molecular formula is C14H26N4O2S. The molecular weight excluding hydrogens is 288 g/mol. The Morgan fingerprint density at radius 2 is 1.76 bits per heavy atom. The number of sulfonamides is 1. The number of nitrogen functional groups attached to an aromatic ring is 1. The molecule has 7 heteroatoms. The predicted molar refractivity (Wildman–Crippen MR) is 86.2 cm³/mol. The number of nitrogens with two attached hydrogens (primary N) is 1. The molecule has 0 saturated heterocycles. The van der Waals surface area contributed by atoms with E-state index in [-0.39, 0.29) is 4.90 Å². The van der Waals surface area contributed by atoms with Crippen LogP contribution in [0, 0.1) is 0 Å². The Morgan fingerprint density at radius 1 is 1.14 bits per heavy atom. The van der Waals surface area contributed by atoms with Crippen LogP contribution in [0.3, 0.4) is 0 Å². The van der Waals surface area contributed by atoms with Crippen molar-refractivity contribution in [2.24, 2.45) is 0 Å². The number of rotatable bonds is 9. The van der Waals surface area contributed by atoms with Crippen LogP contribution in [0.5, 0.6) is 0 Å². The van der Waals surface area contributed by atoms with Crippen molar-refractivity contribution in [2.75, 3.05) is 39.5 Å². The summed E-state index contributed by atoms with van der Waals surface area (Å²) < 4.78 is 26.6. The van der Waals surface area contributed by atoms with Crippen LogP contribution >= 0.6 is 0 Å². The minimum absolute atomic E-state index is 0.255. The number of hydrazine groups is 1. The molecule has 1 aromatic carbocycles. The van der Waals surface area contributed by atoms with Crippen molar-refractivity contribution in [3.8, 4) is 0 Å². The zero-order valence-electron chi connectivity index (χ0n) is 13.0. The maximum absolute atomic E-state index is 12.6. The summed E-state index contributed by atoms with van der Waals surface area (Å²) in [5, 5.41) is 0. The van der Waals surface area contributed by atoms with Gasteiger partial charge in [-0.15, -0.1) is 4.41 Å². The number of benzene rings is 1. The molecule has 3 N–H and O–H groups in total. The number of anilines is 1. The second-order valence-electron chi connectivity index (χ2n) is 5.21. The summed E-state index contributed by atoms with van der Waals surface area (Å²) in [5.41, 5.74) is 9.15. The first kappa shape index (κ1) is 17.9. The van der Waals surface area contributed by atoms with Gasteiger partial charge in [0.1, 0.15) is 0 Å². The fourth-order valence-electron chi connectivity index (χ4n) is 1.82. The smallest absolute Gasteiger partial charge is 0.255 e. The normalized spacial score (nSPS) is 12.2. The summed E-state index contributed by atoms with van der Waals surface area (Å²) in [7, 11) is 0.401. The molecule has 0 aliphatic heterocycles. The van der Waals surface area contributed by atoms with Gasteiger partial charge < -0.3 is 10.6 Å². The first-order valence-electron chi connectivity index (χ1n) is 7.14. The van der Waals surface area contributed by atoms with E-state index in [0.717, 1.165) is 19.4 Å². The molecule has 0 aliphatic carbocycles. The lowest BCUT2D eigenvalue weighted by atomic mass is 10.3. The van der Waals surface area contributed by atoms with E-state index in [4.69, 9.17) is 5.73 Å². The third-order valence-corrected chi connectivity index (χ3v) is 4.73. The van der Waals surface area contributed by atoms with E-state index in [1.807, 2.05) is 25.9 Å². The lowest BCUT2D eigenvalue weighted by Gasteiger charge is -2.23. The van der Waals surface area contributed by atoms with Crippen LogP contribution in [0.2, 0.25) is 0 Å². The quantitative estimate of drug-likeness (QED) is 0.527. The Morgan fingerprint density at radius 3 is 2.29 bits per heavy atom. The highest BCUT2D eigenvalue weighted by atomic mass is 32.2. The van der Waals surface area contributed by atoms with Gasteiger partial charge in [0, 0.05) is 18.8 Å². The zero-order valence-corrected chi connectivity index (χ0v) is 13.9. The molecule has 1 rings (SSSR count). The van der Waals surface area contributed by atoms with Crippen LogP contribution in [0.4, 0.5) is 5.69 Å². The van der Waals surface area contributed by atoms with Gasteiger partial charge in [-0.05, 0) is 57.7 Å². The van der Waals surface area contributed by atoms with Crippen molar-refractivity contribution in [1.29, 1.82) is 0 Å². The molecule has 0 fully saturated rings. The number of nitrogens with zero attached hydrogens (tertiary/aromatic N) is 2. The zero-order chi connectivity index (χ0) is 15.9. The van der Waals surface area contributed by atoms with Gasteiger partial charge in [-0.25, -0.2) is 13.8 Å². The molecule has 21 heavy (non-hydrogen) atoms. The van der Waals surface area contributed by atoms with Gasteiger partial charge in [-0.2, -0.15) is 0 Å². The maximum Gasteiger partial charge on any atom is 0.255 e. The third-order valence-electron chi connectivity index (χ3n) is 2.97. The lowest BCUT2D eigenvalue weighted by Crippen LogP contribution is -2.44. The molecule has 0 radical (unpaired) electrons. The number of hydrogen-bond donors (Lipinski definition) is 2.